The summed E-state index contributed by atoms with van der Waals surface area (Å²) in [6.07, 6.45) is -0.405. The third-order valence-electron chi connectivity index (χ3n) is 8.12. The van der Waals surface area contributed by atoms with Gasteiger partial charge in [-0.05, 0) is 25.2 Å². The summed E-state index contributed by atoms with van der Waals surface area (Å²) in [6.45, 7) is -3.09. The van der Waals surface area contributed by atoms with Gasteiger partial charge in [0.25, 0.3) is 5.56 Å². The van der Waals surface area contributed by atoms with Crippen LogP contribution in [0.1, 0.15) is 24.9 Å². The zero-order chi connectivity index (χ0) is 33.8. The zero-order valence-corrected chi connectivity index (χ0v) is 28.1. The molecule has 2 fully saturated rings. The van der Waals surface area contributed by atoms with Gasteiger partial charge < -0.3 is 45.1 Å². The first kappa shape index (κ1) is 34.2. The Morgan fingerprint density at radius 3 is 2.64 bits per heavy atom. The summed E-state index contributed by atoms with van der Waals surface area (Å²) < 4.78 is 36.8. The summed E-state index contributed by atoms with van der Waals surface area (Å²) in [7, 11) is -1.48. The van der Waals surface area contributed by atoms with Crippen molar-refractivity contribution in [1.82, 2.24) is 39.0 Å². The van der Waals surface area contributed by atoms with Gasteiger partial charge in [-0.2, -0.15) is 4.98 Å². The summed E-state index contributed by atoms with van der Waals surface area (Å²) in [6, 6.07) is 0. The van der Waals surface area contributed by atoms with E-state index in [0.29, 0.717) is 11.2 Å². The number of anilines is 2. The molecule has 2 saturated heterocycles. The fourth-order valence-electron chi connectivity index (χ4n) is 5.79. The van der Waals surface area contributed by atoms with E-state index in [9.17, 15) is 24.5 Å². The largest absolute Gasteiger partial charge is 0.694 e. The number of ether oxygens (including phenoxy) is 2. The topological polar surface area (TPSA) is 294 Å². The molecule has 0 spiro atoms. The molecule has 0 radical (unpaired) electrons. The lowest BCUT2D eigenvalue weighted by molar-refractivity contribution is -0.111. The van der Waals surface area contributed by atoms with Gasteiger partial charge in [-0.3, -0.25) is 14.3 Å². The fraction of sp³-hybridized carbons (Fsp3) is 0.565. The first-order valence-electron chi connectivity index (χ1n) is 13.9. The molecule has 4 aromatic heterocycles. The first-order valence-corrected chi connectivity index (χ1v) is 18.7. The Morgan fingerprint density at radius 2 is 1.91 bits per heavy atom. The summed E-state index contributed by atoms with van der Waals surface area (Å²) in [5.74, 6) is -0.0258. The third kappa shape index (κ3) is 6.18. The molecule has 0 aliphatic carbocycles. The number of hydrogen-bond acceptors (Lipinski definition) is 17. The van der Waals surface area contributed by atoms with Crippen LogP contribution in [0.25, 0.3) is 22.3 Å². The van der Waals surface area contributed by atoms with Crippen LogP contribution in [0.3, 0.4) is 0 Å². The van der Waals surface area contributed by atoms with E-state index in [1.54, 1.807) is 6.92 Å². The molecule has 0 amide bonds. The van der Waals surface area contributed by atoms with Crippen LogP contribution in [-0.4, -0.2) is 114 Å². The number of nitrogen functional groups attached to an aromatic ring is 2. The Bertz CT molecular complexity index is 1930. The summed E-state index contributed by atoms with van der Waals surface area (Å²) >= 11 is 6.84. The van der Waals surface area contributed by atoms with Crippen LogP contribution < -0.4 is 17.0 Å². The highest BCUT2D eigenvalue weighted by Crippen LogP contribution is 2.63. The minimum absolute atomic E-state index is 0.0325. The molecule has 254 valence electrons. The number of aromatic nitrogens is 8. The molecule has 4 aromatic rings. The lowest BCUT2D eigenvalue weighted by Gasteiger charge is -2.34. The van der Waals surface area contributed by atoms with E-state index >= 15 is 0 Å². The van der Waals surface area contributed by atoms with Gasteiger partial charge in [0.05, 0.1) is 36.4 Å². The third-order valence-corrected chi connectivity index (χ3v) is 13.3. The quantitative estimate of drug-likeness (QED) is 0.0956. The van der Waals surface area contributed by atoms with Gasteiger partial charge in [-0.1, -0.05) is 0 Å². The van der Waals surface area contributed by atoms with Crippen molar-refractivity contribution in [2.45, 2.75) is 59.8 Å². The van der Waals surface area contributed by atoms with Gasteiger partial charge in [0.1, 0.15) is 36.3 Å². The van der Waals surface area contributed by atoms with Crippen molar-refractivity contribution in [2.24, 2.45) is 0 Å². The number of aromatic amines is 1. The lowest BCUT2D eigenvalue weighted by atomic mass is 9.98. The van der Waals surface area contributed by atoms with Crippen molar-refractivity contribution in [3.8, 4) is 0 Å². The Labute approximate surface area is 275 Å². The summed E-state index contributed by atoms with van der Waals surface area (Å²) in [5, 5.41) is 21.3. The average molecular weight is 734 g/mol. The highest BCUT2D eigenvalue weighted by atomic mass is 32.5. The molecular formula is C23H31N10O10P2S2+. The number of imidazole rings is 2. The molecule has 3 unspecified atom stereocenters. The van der Waals surface area contributed by atoms with Crippen LogP contribution in [0.15, 0.2) is 23.8 Å². The number of nitrogens with zero attached hydrogens (tertiary/aromatic N) is 7. The fourth-order valence-corrected chi connectivity index (χ4v) is 11.2. The lowest BCUT2D eigenvalue weighted by Crippen LogP contribution is -2.45. The van der Waals surface area contributed by atoms with Crippen molar-refractivity contribution in [3.05, 3.63) is 29.3 Å². The number of thioether (sulfide) groups is 1. The maximum Gasteiger partial charge on any atom is 0.694 e. The van der Waals surface area contributed by atoms with Crippen LogP contribution in [0.2, 0.25) is 0 Å². The Kier molecular flexibility index (Phi) is 9.41. The van der Waals surface area contributed by atoms with E-state index in [0.717, 1.165) is 11.8 Å². The minimum Gasteiger partial charge on any atom is -0.391 e. The molecule has 0 saturated carbocycles. The second-order valence-corrected chi connectivity index (χ2v) is 16.7. The van der Waals surface area contributed by atoms with Crippen molar-refractivity contribution in [2.75, 3.05) is 31.8 Å². The number of aliphatic hydroxyl groups is 2. The molecule has 9 N–H and O–H groups in total. The van der Waals surface area contributed by atoms with Gasteiger partial charge in [0.2, 0.25) is 5.95 Å². The number of nitrogens with one attached hydrogen (secondary N) is 1. The molecule has 0 aromatic carbocycles. The molecular weight excluding hydrogens is 702 g/mol. The van der Waals surface area contributed by atoms with Gasteiger partial charge in [0, 0.05) is 16.9 Å². The first-order chi connectivity index (χ1) is 22.3. The van der Waals surface area contributed by atoms with Crippen LogP contribution in [0.4, 0.5) is 11.8 Å². The molecule has 6 rings (SSSR count). The number of nitrogens with two attached hydrogens (primary N) is 2. The van der Waals surface area contributed by atoms with Gasteiger partial charge in [-0.15, -0.1) is 21.2 Å². The molecule has 47 heavy (non-hydrogen) atoms. The van der Waals surface area contributed by atoms with Crippen LogP contribution in [-0.2, 0) is 34.9 Å². The number of rotatable bonds is 11. The van der Waals surface area contributed by atoms with Crippen molar-refractivity contribution >= 4 is 72.4 Å². The van der Waals surface area contributed by atoms with E-state index in [2.05, 4.69) is 29.9 Å². The number of fused-ring (bicyclic) bond motifs is 2. The van der Waals surface area contributed by atoms with E-state index in [4.69, 9.17) is 46.7 Å². The predicted molar refractivity (Wildman–Crippen MR) is 171 cm³/mol. The standard InChI is InChI=1S/C23H30N10O10P2S2/c1-23(15(35)13(40-2)20(43-23)32-7-28-10-16(24)26-6-27-17(10)32)5-42-45(39,46)14-12(34)9(3-4-41-44(37)38)47-21(14)33-8-29-11-18(33)30-22(25)31-19(11)36/h6-9,12-15,20-21,34-35H,3-5H2,1-2H3,(H6-,24,25,26,27,30,31,36,37,38,39,46)/p+1/t9-,12-,13-,14-,15+,20-,21-,23?,45?/m1/s1. The Balaban J connectivity index is 1.29. The highest BCUT2D eigenvalue weighted by molar-refractivity contribution is 8.10. The van der Waals surface area contributed by atoms with Crippen molar-refractivity contribution in [3.63, 3.8) is 0 Å². The minimum atomic E-state index is -4.03. The maximum atomic E-state index is 12.5. The van der Waals surface area contributed by atoms with Crippen molar-refractivity contribution < 1.29 is 43.1 Å². The molecule has 20 nitrogen and oxygen atoms in total. The summed E-state index contributed by atoms with van der Waals surface area (Å²) in [4.78, 5) is 56.5. The average Bonchev–Trinajstić information content (AvgIpc) is 3.76. The molecule has 6 heterocycles. The SMILES string of the molecule is CO[C@H]1[C@H](n2cnc3c(N)ncnc32)OC(C)(COP(O)(=S)[C@@H]2[C@H](O)[C@@H](CCO[P+](=O)O)S[C@H]2n2cnc3c(=O)[nH]c(N)nc32)[C@H]1O. The van der Waals surface area contributed by atoms with E-state index in [1.165, 1.54) is 35.2 Å². The van der Waals surface area contributed by atoms with Crippen LogP contribution >= 0.6 is 26.5 Å². The van der Waals surface area contributed by atoms with E-state index in [1.807, 2.05) is 0 Å². The normalized spacial score (nSPS) is 31.1. The molecule has 24 heteroatoms. The summed E-state index contributed by atoms with van der Waals surface area (Å²) in [5.41, 5.74) is 9.16. The monoisotopic (exact) mass is 733 g/mol. The van der Waals surface area contributed by atoms with Gasteiger partial charge in [-0.25, -0.2) is 19.9 Å². The Hall–Kier alpha value is -2.72. The number of H-pyrrole nitrogens is 1. The number of aliphatic hydroxyl groups excluding tert-OH is 2. The zero-order valence-electron chi connectivity index (χ0n) is 24.6. The molecule has 2 aliphatic heterocycles. The maximum absolute atomic E-state index is 12.5. The van der Waals surface area contributed by atoms with Crippen LogP contribution in [0.5, 0.6) is 0 Å². The van der Waals surface area contributed by atoms with Crippen LogP contribution in [0, 0.1) is 0 Å². The molecule has 0 bridgehead atoms. The van der Waals surface area contributed by atoms with E-state index < -0.39 is 73.3 Å². The van der Waals surface area contributed by atoms with Gasteiger partial charge in [0.15, 0.2) is 35.3 Å². The van der Waals surface area contributed by atoms with Crippen molar-refractivity contribution in [1.29, 1.82) is 0 Å². The second-order valence-electron chi connectivity index (χ2n) is 11.1. The highest BCUT2D eigenvalue weighted by Gasteiger charge is 2.56. The smallest absolute Gasteiger partial charge is 0.391 e. The Morgan fingerprint density at radius 1 is 1.19 bits per heavy atom. The predicted octanol–water partition coefficient (Wildman–Crippen LogP) is -0.494. The van der Waals surface area contributed by atoms with E-state index in [-0.39, 0.29) is 36.0 Å². The number of hydrogen-bond donors (Lipinski definition) is 7. The van der Waals surface area contributed by atoms with Gasteiger partial charge >= 0.3 is 8.25 Å². The molecule has 2 aliphatic rings. The molecule has 10 atom stereocenters. The number of methoxy groups -OCH3 is 1. The second kappa shape index (κ2) is 13.0.